The summed E-state index contributed by atoms with van der Waals surface area (Å²) in [5.41, 5.74) is -0.171. The van der Waals surface area contributed by atoms with Crippen molar-refractivity contribution in [1.29, 1.82) is 0 Å². The molecule has 0 atom stereocenters. The fourth-order valence-corrected chi connectivity index (χ4v) is 4.31. The van der Waals surface area contributed by atoms with Crippen molar-refractivity contribution < 1.29 is 23.9 Å². The van der Waals surface area contributed by atoms with Crippen molar-refractivity contribution in [3.63, 3.8) is 0 Å². The molecule has 1 aliphatic heterocycles. The van der Waals surface area contributed by atoms with E-state index >= 15 is 0 Å². The number of imide groups is 1. The topological polar surface area (TPSA) is 118 Å². The van der Waals surface area contributed by atoms with Gasteiger partial charge in [0.25, 0.3) is 5.91 Å². The largest absolute Gasteiger partial charge is 0.466 e. The van der Waals surface area contributed by atoms with Gasteiger partial charge in [0.1, 0.15) is 5.54 Å². The smallest absolute Gasteiger partial charge is 0.325 e. The monoisotopic (exact) mass is 408 g/mol. The van der Waals surface area contributed by atoms with Gasteiger partial charge in [0, 0.05) is 18.3 Å². The molecule has 1 saturated carbocycles. The highest BCUT2D eigenvalue weighted by Gasteiger charge is 2.52. The lowest BCUT2D eigenvalue weighted by atomic mass is 9.98. The predicted octanol–water partition coefficient (Wildman–Crippen LogP) is 1.83. The average Bonchev–Trinajstić information content (AvgIpc) is 3.33. The summed E-state index contributed by atoms with van der Waals surface area (Å²) in [5, 5.41) is 7.60. The van der Waals surface area contributed by atoms with Gasteiger partial charge in [-0.2, -0.15) is 0 Å². The molecular weight excluding hydrogens is 384 g/mol. The van der Waals surface area contributed by atoms with Crippen molar-refractivity contribution in [2.75, 3.05) is 18.5 Å². The average molecular weight is 408 g/mol. The summed E-state index contributed by atoms with van der Waals surface area (Å²) in [6.45, 7) is 2.26. The number of esters is 1. The molecule has 2 aliphatic rings. The van der Waals surface area contributed by atoms with Crippen LogP contribution in [0.5, 0.6) is 0 Å². The number of hydrogen-bond donors (Lipinski definition) is 2. The minimum atomic E-state index is -0.713. The summed E-state index contributed by atoms with van der Waals surface area (Å²) in [5.74, 6) is -0.780. The molecule has 1 aromatic heterocycles. The zero-order chi connectivity index (χ0) is 20.1. The zero-order valence-corrected chi connectivity index (χ0v) is 16.6. The number of amides is 4. The molecule has 3 rings (SSSR count). The van der Waals surface area contributed by atoms with E-state index in [9.17, 15) is 19.2 Å². The molecular formula is C18H24N4O5S. The minimum Gasteiger partial charge on any atom is -0.466 e. The Kier molecular flexibility index (Phi) is 6.28. The number of hydrogen-bond acceptors (Lipinski definition) is 7. The molecule has 9 nitrogen and oxygen atoms in total. The van der Waals surface area contributed by atoms with Gasteiger partial charge in [0.2, 0.25) is 5.91 Å². The maximum absolute atomic E-state index is 12.5. The number of carbonyl (C=O) groups excluding carboxylic acids is 4. The molecule has 4 amide bonds. The number of aromatic nitrogens is 1. The lowest BCUT2D eigenvalue weighted by Crippen LogP contribution is -2.44. The van der Waals surface area contributed by atoms with E-state index in [1.165, 1.54) is 16.2 Å². The molecule has 2 N–H and O–H groups in total. The summed E-state index contributed by atoms with van der Waals surface area (Å²) in [6.07, 6.45) is 3.86. The summed E-state index contributed by atoms with van der Waals surface area (Å²) < 4.78 is 4.86. The maximum atomic E-state index is 12.5. The number of nitrogens with zero attached hydrogens (tertiary/aromatic N) is 2. The summed E-state index contributed by atoms with van der Waals surface area (Å²) >= 11 is 1.23. The van der Waals surface area contributed by atoms with Crippen LogP contribution in [0, 0.1) is 0 Å². The standard InChI is InChI=1S/C18H24N4O5S/c1-2-27-14(24)10-12-11-28-16(19-12)20-13(23)6-5-9-22-15(25)18(21-17(22)26)7-3-4-8-18/h11H,2-10H2,1H3,(H,21,26)(H,19,20,23). The van der Waals surface area contributed by atoms with Gasteiger partial charge in [-0.25, -0.2) is 9.78 Å². The predicted molar refractivity (Wildman–Crippen MR) is 102 cm³/mol. The number of urea groups is 1. The molecule has 1 spiro atoms. The maximum Gasteiger partial charge on any atom is 0.325 e. The molecule has 28 heavy (non-hydrogen) atoms. The molecule has 0 unspecified atom stereocenters. The van der Waals surface area contributed by atoms with E-state index in [0.717, 1.165) is 12.8 Å². The van der Waals surface area contributed by atoms with Crippen molar-refractivity contribution in [3.05, 3.63) is 11.1 Å². The number of nitrogens with one attached hydrogen (secondary N) is 2. The Bertz CT molecular complexity index is 772. The number of thiazole rings is 1. The van der Waals surface area contributed by atoms with Crippen LogP contribution >= 0.6 is 11.3 Å². The van der Waals surface area contributed by atoms with Crippen LogP contribution in [-0.4, -0.2) is 52.4 Å². The first-order valence-corrected chi connectivity index (χ1v) is 10.4. The fourth-order valence-electron chi connectivity index (χ4n) is 3.58. The Labute approximate surface area is 166 Å². The Morgan fingerprint density at radius 3 is 2.82 bits per heavy atom. The first-order chi connectivity index (χ1) is 13.4. The third kappa shape index (κ3) is 4.49. The molecule has 2 fully saturated rings. The van der Waals surface area contributed by atoms with Gasteiger partial charge in [-0.05, 0) is 26.2 Å². The third-order valence-corrected chi connectivity index (χ3v) is 5.72. The fraction of sp³-hybridized carbons (Fsp3) is 0.611. The van der Waals surface area contributed by atoms with Crippen molar-refractivity contribution in [2.24, 2.45) is 0 Å². The Hall–Kier alpha value is -2.49. The quantitative estimate of drug-likeness (QED) is 0.501. The van der Waals surface area contributed by atoms with E-state index in [1.807, 2.05) is 0 Å². The van der Waals surface area contributed by atoms with Gasteiger partial charge in [0.15, 0.2) is 5.13 Å². The van der Waals surface area contributed by atoms with Gasteiger partial charge in [-0.1, -0.05) is 12.8 Å². The van der Waals surface area contributed by atoms with E-state index in [-0.39, 0.29) is 43.2 Å². The summed E-state index contributed by atoms with van der Waals surface area (Å²) in [4.78, 5) is 53.6. The van der Waals surface area contributed by atoms with Crippen LogP contribution in [0.25, 0.3) is 0 Å². The summed E-state index contributed by atoms with van der Waals surface area (Å²) in [6, 6.07) is -0.365. The molecule has 2 heterocycles. The number of anilines is 1. The van der Waals surface area contributed by atoms with E-state index < -0.39 is 5.54 Å². The van der Waals surface area contributed by atoms with Crippen molar-refractivity contribution >= 4 is 40.3 Å². The lowest BCUT2D eigenvalue weighted by Gasteiger charge is -2.19. The minimum absolute atomic E-state index is 0.0636. The van der Waals surface area contributed by atoms with Gasteiger partial charge in [-0.3, -0.25) is 19.3 Å². The van der Waals surface area contributed by atoms with Gasteiger partial charge in [0.05, 0.1) is 18.7 Å². The molecule has 0 bridgehead atoms. The van der Waals surface area contributed by atoms with E-state index in [1.54, 1.807) is 12.3 Å². The van der Waals surface area contributed by atoms with Crippen molar-refractivity contribution in [2.45, 2.75) is 57.4 Å². The Balaban J connectivity index is 1.43. The molecule has 0 radical (unpaired) electrons. The number of carbonyl (C=O) groups is 4. The molecule has 10 heteroatoms. The van der Waals surface area contributed by atoms with Crippen LogP contribution in [-0.2, 0) is 25.5 Å². The third-order valence-electron chi connectivity index (χ3n) is 4.92. The van der Waals surface area contributed by atoms with Crippen LogP contribution in [0.15, 0.2) is 5.38 Å². The first kappa shape index (κ1) is 20.2. The second-order valence-corrected chi connectivity index (χ2v) is 7.81. The molecule has 1 aromatic rings. The van der Waals surface area contributed by atoms with Gasteiger partial charge in [-0.15, -0.1) is 11.3 Å². The molecule has 0 aromatic carbocycles. The van der Waals surface area contributed by atoms with Crippen LogP contribution in [0.2, 0.25) is 0 Å². The highest BCUT2D eigenvalue weighted by Crippen LogP contribution is 2.35. The lowest BCUT2D eigenvalue weighted by molar-refractivity contribution is -0.142. The normalized spacial score (nSPS) is 17.8. The zero-order valence-electron chi connectivity index (χ0n) is 15.8. The molecule has 152 valence electrons. The van der Waals surface area contributed by atoms with E-state index in [2.05, 4.69) is 15.6 Å². The second kappa shape index (κ2) is 8.68. The van der Waals surface area contributed by atoms with Crippen molar-refractivity contribution in [3.8, 4) is 0 Å². The van der Waals surface area contributed by atoms with E-state index in [0.29, 0.717) is 36.7 Å². The van der Waals surface area contributed by atoms with Crippen LogP contribution in [0.4, 0.5) is 9.93 Å². The highest BCUT2D eigenvalue weighted by atomic mass is 32.1. The van der Waals surface area contributed by atoms with Crippen LogP contribution < -0.4 is 10.6 Å². The molecule has 1 aliphatic carbocycles. The highest BCUT2D eigenvalue weighted by molar-refractivity contribution is 7.13. The van der Waals surface area contributed by atoms with Crippen LogP contribution in [0.3, 0.4) is 0 Å². The number of rotatable bonds is 8. The van der Waals surface area contributed by atoms with Crippen molar-refractivity contribution in [1.82, 2.24) is 15.2 Å². The van der Waals surface area contributed by atoms with Gasteiger partial charge < -0.3 is 15.4 Å². The number of ether oxygens (including phenoxy) is 1. The Morgan fingerprint density at radius 1 is 1.36 bits per heavy atom. The SMILES string of the molecule is CCOC(=O)Cc1csc(NC(=O)CCCN2C(=O)NC3(CCCC3)C2=O)n1. The molecule has 1 saturated heterocycles. The Morgan fingerprint density at radius 2 is 2.11 bits per heavy atom. The first-order valence-electron chi connectivity index (χ1n) is 9.47. The summed E-state index contributed by atoms with van der Waals surface area (Å²) in [7, 11) is 0. The van der Waals surface area contributed by atoms with Crippen LogP contribution in [0.1, 0.15) is 51.1 Å². The van der Waals surface area contributed by atoms with E-state index in [4.69, 9.17) is 4.74 Å². The second-order valence-electron chi connectivity index (χ2n) is 6.95. The van der Waals surface area contributed by atoms with Gasteiger partial charge >= 0.3 is 12.0 Å².